The van der Waals surface area contributed by atoms with Gasteiger partial charge in [-0.05, 0) is 25.1 Å². The number of carbonyl (C=O) groups is 1. The highest BCUT2D eigenvalue weighted by molar-refractivity contribution is 5.95. The van der Waals surface area contributed by atoms with Gasteiger partial charge in [-0.3, -0.25) is 4.90 Å². The van der Waals surface area contributed by atoms with E-state index < -0.39 is 23.5 Å². The third kappa shape index (κ3) is 2.67. The molecule has 1 N–H and O–H groups in total. The second-order valence-electron chi connectivity index (χ2n) is 6.71. The van der Waals surface area contributed by atoms with E-state index in [2.05, 4.69) is 5.32 Å². The first-order valence-electron chi connectivity index (χ1n) is 8.37. The molecule has 27 heavy (non-hydrogen) atoms. The normalized spacial score (nSPS) is 24.0. The minimum Gasteiger partial charge on any atom is -0.493 e. The highest BCUT2D eigenvalue weighted by Gasteiger charge is 2.52. The summed E-state index contributed by atoms with van der Waals surface area (Å²) >= 11 is 0. The number of benzene rings is 2. The Morgan fingerprint density at radius 3 is 2.67 bits per heavy atom. The minimum atomic E-state index is -4.60. The minimum absolute atomic E-state index is 0.248. The molecule has 0 saturated carbocycles. The Morgan fingerprint density at radius 1 is 1.22 bits per heavy atom. The van der Waals surface area contributed by atoms with E-state index in [0.29, 0.717) is 17.9 Å². The number of carbonyl (C=O) groups excluding carboxylic acids is 1. The van der Waals surface area contributed by atoms with Crippen LogP contribution in [0.4, 0.5) is 23.7 Å². The molecular weight excluding hydrogens is 361 g/mol. The summed E-state index contributed by atoms with van der Waals surface area (Å²) in [5.41, 5.74) is -1.70. The van der Waals surface area contributed by atoms with Crippen molar-refractivity contribution in [1.82, 2.24) is 5.32 Å². The van der Waals surface area contributed by atoms with Crippen LogP contribution >= 0.6 is 0 Å². The Morgan fingerprint density at radius 2 is 1.96 bits per heavy atom. The van der Waals surface area contributed by atoms with Gasteiger partial charge in [-0.15, -0.1) is 0 Å². The van der Waals surface area contributed by atoms with Gasteiger partial charge in [0.1, 0.15) is 0 Å². The van der Waals surface area contributed by atoms with Gasteiger partial charge in [-0.2, -0.15) is 13.2 Å². The zero-order chi connectivity index (χ0) is 19.4. The quantitative estimate of drug-likeness (QED) is 0.838. The second-order valence-corrected chi connectivity index (χ2v) is 6.71. The van der Waals surface area contributed by atoms with Gasteiger partial charge in [0.25, 0.3) is 0 Å². The van der Waals surface area contributed by atoms with Crippen LogP contribution in [0, 0.1) is 0 Å². The van der Waals surface area contributed by atoms with E-state index in [4.69, 9.17) is 9.47 Å². The Hall–Kier alpha value is -2.90. The first-order chi connectivity index (χ1) is 12.7. The molecule has 2 aliphatic heterocycles. The SMILES string of the molecule is COc1cccc2c1OC1(C)CC2NC(=O)N1c1ccccc1C(F)(F)F. The predicted molar refractivity (Wildman–Crippen MR) is 91.8 cm³/mol. The van der Waals surface area contributed by atoms with Crippen molar-refractivity contribution in [2.45, 2.75) is 31.3 Å². The van der Waals surface area contributed by atoms with Crippen LogP contribution in [0.5, 0.6) is 11.5 Å². The summed E-state index contributed by atoms with van der Waals surface area (Å²) in [7, 11) is 1.49. The standard InChI is InChI=1S/C19H17F3N2O3/c1-18-10-13(11-6-5-9-15(26-2)16(11)27-18)23-17(25)24(18)14-8-4-3-7-12(14)19(20,21)22/h3-9,13H,10H2,1-2H3,(H,23,25). The van der Waals surface area contributed by atoms with Gasteiger partial charge in [0.15, 0.2) is 17.2 Å². The summed E-state index contributed by atoms with van der Waals surface area (Å²) in [4.78, 5) is 13.8. The van der Waals surface area contributed by atoms with Crippen LogP contribution in [0.3, 0.4) is 0 Å². The lowest BCUT2D eigenvalue weighted by molar-refractivity contribution is -0.137. The molecule has 1 fully saturated rings. The number of halogens is 3. The number of para-hydroxylation sites is 2. The van der Waals surface area contributed by atoms with E-state index in [0.717, 1.165) is 16.5 Å². The topological polar surface area (TPSA) is 50.8 Å². The molecule has 0 radical (unpaired) electrons. The van der Waals surface area contributed by atoms with Gasteiger partial charge in [-0.1, -0.05) is 24.3 Å². The molecule has 2 unspecified atom stereocenters. The largest absolute Gasteiger partial charge is 0.493 e. The van der Waals surface area contributed by atoms with Gasteiger partial charge in [0.05, 0.1) is 24.4 Å². The molecule has 2 aliphatic rings. The number of hydrogen-bond donors (Lipinski definition) is 1. The van der Waals surface area contributed by atoms with E-state index in [1.54, 1.807) is 19.1 Å². The Balaban J connectivity index is 1.86. The highest BCUT2D eigenvalue weighted by Crippen LogP contribution is 2.50. The van der Waals surface area contributed by atoms with Crippen molar-refractivity contribution in [2.24, 2.45) is 0 Å². The molecule has 1 saturated heterocycles. The fourth-order valence-electron chi connectivity index (χ4n) is 3.79. The number of methoxy groups -OCH3 is 1. The fourth-order valence-corrected chi connectivity index (χ4v) is 3.79. The number of amides is 2. The maximum Gasteiger partial charge on any atom is 0.418 e. The van der Waals surface area contributed by atoms with Gasteiger partial charge < -0.3 is 14.8 Å². The molecule has 142 valence electrons. The number of nitrogens with one attached hydrogen (secondary N) is 1. The monoisotopic (exact) mass is 378 g/mol. The molecule has 2 atom stereocenters. The molecule has 2 aromatic carbocycles. The van der Waals surface area contributed by atoms with E-state index >= 15 is 0 Å². The molecule has 8 heteroatoms. The van der Waals surface area contributed by atoms with Crippen LogP contribution < -0.4 is 19.7 Å². The number of nitrogens with zero attached hydrogens (tertiary/aromatic N) is 1. The third-order valence-corrected chi connectivity index (χ3v) is 4.93. The van der Waals surface area contributed by atoms with Crippen LogP contribution in [0.15, 0.2) is 42.5 Å². The maximum atomic E-state index is 13.5. The van der Waals surface area contributed by atoms with E-state index in [-0.39, 0.29) is 11.7 Å². The van der Waals surface area contributed by atoms with E-state index in [1.807, 2.05) is 6.07 Å². The number of urea groups is 1. The predicted octanol–water partition coefficient (Wildman–Crippen LogP) is 4.48. The van der Waals surface area contributed by atoms with E-state index in [9.17, 15) is 18.0 Å². The molecule has 0 aliphatic carbocycles. The molecule has 0 aromatic heterocycles. The van der Waals surface area contributed by atoms with Crippen molar-refractivity contribution >= 4 is 11.7 Å². The summed E-state index contributed by atoms with van der Waals surface area (Å²) in [6, 6.07) is 9.26. The Kier molecular flexibility index (Phi) is 3.76. The first kappa shape index (κ1) is 17.5. The zero-order valence-electron chi connectivity index (χ0n) is 14.6. The maximum absolute atomic E-state index is 13.5. The van der Waals surface area contributed by atoms with Crippen LogP contribution in [0.1, 0.15) is 30.5 Å². The summed E-state index contributed by atoms with van der Waals surface area (Å²) in [6.45, 7) is 1.61. The number of rotatable bonds is 2. The van der Waals surface area contributed by atoms with Crippen LogP contribution in [0.2, 0.25) is 0 Å². The second kappa shape index (κ2) is 5.80. The lowest BCUT2D eigenvalue weighted by Gasteiger charge is -2.51. The zero-order valence-corrected chi connectivity index (χ0v) is 14.6. The third-order valence-electron chi connectivity index (χ3n) is 4.93. The fraction of sp³-hybridized carbons (Fsp3) is 0.316. The number of anilines is 1. The lowest BCUT2D eigenvalue weighted by atomic mass is 9.89. The molecule has 2 amide bonds. The molecular formula is C19H17F3N2O3. The number of ether oxygens (including phenoxy) is 2. The van der Waals surface area contributed by atoms with Crippen molar-refractivity contribution in [3.8, 4) is 11.5 Å². The van der Waals surface area contributed by atoms with Gasteiger partial charge in [0, 0.05) is 12.0 Å². The molecule has 4 rings (SSSR count). The summed E-state index contributed by atoms with van der Waals surface area (Å²) < 4.78 is 52.0. The number of fused-ring (bicyclic) bond motifs is 4. The van der Waals surface area contributed by atoms with Gasteiger partial charge in [0.2, 0.25) is 0 Å². The average molecular weight is 378 g/mol. The van der Waals surface area contributed by atoms with Crippen molar-refractivity contribution in [2.75, 3.05) is 12.0 Å². The van der Waals surface area contributed by atoms with Gasteiger partial charge >= 0.3 is 12.2 Å². The van der Waals surface area contributed by atoms with Crippen molar-refractivity contribution < 1.29 is 27.4 Å². The van der Waals surface area contributed by atoms with Crippen molar-refractivity contribution in [3.05, 3.63) is 53.6 Å². The molecule has 5 nitrogen and oxygen atoms in total. The van der Waals surface area contributed by atoms with Crippen LogP contribution in [-0.4, -0.2) is 18.9 Å². The lowest BCUT2D eigenvalue weighted by Crippen LogP contribution is -2.65. The van der Waals surface area contributed by atoms with Crippen LogP contribution in [-0.2, 0) is 6.18 Å². The van der Waals surface area contributed by atoms with Crippen LogP contribution in [0.25, 0.3) is 0 Å². The summed E-state index contributed by atoms with van der Waals surface area (Å²) in [5, 5.41) is 2.79. The van der Waals surface area contributed by atoms with Gasteiger partial charge in [-0.25, -0.2) is 4.79 Å². The highest BCUT2D eigenvalue weighted by atomic mass is 19.4. The number of hydrogen-bond acceptors (Lipinski definition) is 3. The molecule has 0 spiro atoms. The number of alkyl halides is 3. The van der Waals surface area contributed by atoms with Crippen molar-refractivity contribution in [3.63, 3.8) is 0 Å². The van der Waals surface area contributed by atoms with Crippen molar-refractivity contribution in [1.29, 1.82) is 0 Å². The Bertz CT molecular complexity index is 915. The molecule has 2 bridgehead atoms. The van der Waals surface area contributed by atoms with E-state index in [1.165, 1.54) is 25.3 Å². The smallest absolute Gasteiger partial charge is 0.418 e. The first-order valence-corrected chi connectivity index (χ1v) is 8.37. The Labute approximate surface area is 153 Å². The summed E-state index contributed by atoms with van der Waals surface area (Å²) in [5.74, 6) is 0.886. The molecule has 2 aromatic rings. The average Bonchev–Trinajstić information content (AvgIpc) is 2.60. The summed E-state index contributed by atoms with van der Waals surface area (Å²) in [6.07, 6.45) is -4.31. The molecule has 2 heterocycles.